The lowest BCUT2D eigenvalue weighted by Gasteiger charge is -2.27. The number of carbonyl (C=O) groups excluding carboxylic acids is 1. The van der Waals surface area contributed by atoms with Crippen molar-refractivity contribution >= 4 is 33.4 Å². The molecule has 0 radical (unpaired) electrons. The SMILES string of the molecule is NC(=O)c1ccc(-c2csc3c(=O)cc(N4CCOCC4)oc23)cc1. The Bertz CT molecular complexity index is 984. The first-order valence-electron chi connectivity index (χ1n) is 7.92. The standard InChI is InChI=1S/C18H16N2O4S/c19-18(22)12-3-1-11(2-4-12)13-10-25-17-14(21)9-15(24-16(13)17)20-5-7-23-8-6-20/h1-4,9-10H,5-8H2,(H2,19,22). The molecule has 1 aromatic carbocycles. The Morgan fingerprint density at radius 3 is 2.56 bits per heavy atom. The van der Waals surface area contributed by atoms with E-state index >= 15 is 0 Å². The molecule has 0 bridgehead atoms. The van der Waals surface area contributed by atoms with Crippen LogP contribution >= 0.6 is 11.3 Å². The number of rotatable bonds is 3. The number of hydrogen-bond acceptors (Lipinski definition) is 6. The molecule has 1 saturated heterocycles. The van der Waals surface area contributed by atoms with Gasteiger partial charge >= 0.3 is 0 Å². The minimum absolute atomic E-state index is 0.0484. The van der Waals surface area contributed by atoms with E-state index in [0.717, 1.165) is 11.1 Å². The first kappa shape index (κ1) is 15.9. The number of nitrogens with zero attached hydrogens (tertiary/aromatic N) is 1. The van der Waals surface area contributed by atoms with Crippen LogP contribution in [0.2, 0.25) is 0 Å². The van der Waals surface area contributed by atoms with E-state index < -0.39 is 5.91 Å². The maximum absolute atomic E-state index is 12.5. The molecule has 1 fully saturated rings. The smallest absolute Gasteiger partial charge is 0.248 e. The number of benzene rings is 1. The van der Waals surface area contributed by atoms with Gasteiger partial charge in [-0.15, -0.1) is 11.3 Å². The molecule has 2 aromatic heterocycles. The summed E-state index contributed by atoms with van der Waals surface area (Å²) in [7, 11) is 0. The normalized spacial score (nSPS) is 14.8. The summed E-state index contributed by atoms with van der Waals surface area (Å²) in [4.78, 5) is 25.7. The first-order valence-corrected chi connectivity index (χ1v) is 8.80. The zero-order valence-electron chi connectivity index (χ0n) is 13.4. The van der Waals surface area contributed by atoms with Crippen molar-refractivity contribution in [2.45, 2.75) is 0 Å². The average molecular weight is 356 g/mol. The number of fused-ring (bicyclic) bond motifs is 1. The number of thiophene rings is 1. The van der Waals surface area contributed by atoms with Crippen LogP contribution < -0.4 is 16.1 Å². The Morgan fingerprint density at radius 1 is 1.16 bits per heavy atom. The number of primary amides is 1. The second-order valence-electron chi connectivity index (χ2n) is 5.80. The van der Waals surface area contributed by atoms with E-state index in [1.807, 2.05) is 22.4 Å². The highest BCUT2D eigenvalue weighted by atomic mass is 32.1. The third-order valence-corrected chi connectivity index (χ3v) is 5.21. The Balaban J connectivity index is 1.80. The molecule has 2 N–H and O–H groups in total. The third-order valence-electron chi connectivity index (χ3n) is 4.23. The van der Waals surface area contributed by atoms with Crippen molar-refractivity contribution in [1.29, 1.82) is 0 Å². The first-order chi connectivity index (χ1) is 12.1. The Kier molecular flexibility index (Phi) is 4.03. The summed E-state index contributed by atoms with van der Waals surface area (Å²) in [6.45, 7) is 2.63. The van der Waals surface area contributed by atoms with Gasteiger partial charge in [-0.25, -0.2) is 0 Å². The molecule has 0 aliphatic carbocycles. The molecule has 0 unspecified atom stereocenters. The van der Waals surface area contributed by atoms with Gasteiger partial charge in [0.05, 0.1) is 13.2 Å². The molecule has 1 aliphatic rings. The maximum atomic E-state index is 12.5. The molecular formula is C18H16N2O4S. The van der Waals surface area contributed by atoms with E-state index in [1.54, 1.807) is 18.2 Å². The molecule has 0 spiro atoms. The molecule has 0 saturated carbocycles. The van der Waals surface area contributed by atoms with Crippen LogP contribution in [-0.2, 0) is 4.74 Å². The second-order valence-corrected chi connectivity index (χ2v) is 6.68. The number of ether oxygens (including phenoxy) is 1. The van der Waals surface area contributed by atoms with Gasteiger partial charge < -0.3 is 19.8 Å². The van der Waals surface area contributed by atoms with Crippen LogP contribution in [0.1, 0.15) is 10.4 Å². The van der Waals surface area contributed by atoms with Crippen LogP contribution in [0.3, 0.4) is 0 Å². The highest BCUT2D eigenvalue weighted by Gasteiger charge is 2.18. The lowest BCUT2D eigenvalue weighted by Crippen LogP contribution is -2.36. The van der Waals surface area contributed by atoms with Crippen LogP contribution in [0.25, 0.3) is 21.4 Å². The fraction of sp³-hybridized carbons (Fsp3) is 0.222. The number of hydrogen-bond donors (Lipinski definition) is 1. The second kappa shape index (κ2) is 6.34. The average Bonchev–Trinajstić information content (AvgIpc) is 3.07. The quantitative estimate of drug-likeness (QED) is 0.779. The van der Waals surface area contributed by atoms with Crippen molar-refractivity contribution in [2.24, 2.45) is 5.73 Å². The Hall–Kier alpha value is -2.64. The summed E-state index contributed by atoms with van der Waals surface area (Å²) in [5, 5.41) is 1.90. The molecule has 4 rings (SSSR count). The zero-order chi connectivity index (χ0) is 17.4. The molecule has 128 valence electrons. The van der Waals surface area contributed by atoms with Crippen molar-refractivity contribution in [3.63, 3.8) is 0 Å². The maximum Gasteiger partial charge on any atom is 0.248 e. The van der Waals surface area contributed by atoms with E-state index in [1.165, 1.54) is 11.3 Å². The van der Waals surface area contributed by atoms with Crippen molar-refractivity contribution in [1.82, 2.24) is 0 Å². The number of anilines is 1. The number of carbonyl (C=O) groups is 1. The van der Waals surface area contributed by atoms with Gasteiger partial charge in [0.25, 0.3) is 0 Å². The van der Waals surface area contributed by atoms with Gasteiger partial charge in [-0.2, -0.15) is 0 Å². The van der Waals surface area contributed by atoms with E-state index in [9.17, 15) is 9.59 Å². The molecule has 7 heteroatoms. The van der Waals surface area contributed by atoms with E-state index in [0.29, 0.717) is 48.0 Å². The Labute approximate surface area is 147 Å². The van der Waals surface area contributed by atoms with E-state index in [4.69, 9.17) is 14.9 Å². The van der Waals surface area contributed by atoms with Gasteiger partial charge in [0.1, 0.15) is 4.70 Å². The summed E-state index contributed by atoms with van der Waals surface area (Å²) in [5.41, 5.74) is 7.96. The topological polar surface area (TPSA) is 85.8 Å². The van der Waals surface area contributed by atoms with Gasteiger partial charge in [0.15, 0.2) is 11.5 Å². The van der Waals surface area contributed by atoms with Crippen molar-refractivity contribution < 1.29 is 13.9 Å². The number of amides is 1. The molecule has 1 aliphatic heterocycles. The van der Waals surface area contributed by atoms with Crippen LogP contribution in [0, 0.1) is 0 Å². The minimum Gasteiger partial charge on any atom is -0.439 e. The zero-order valence-corrected chi connectivity index (χ0v) is 14.2. The largest absolute Gasteiger partial charge is 0.439 e. The van der Waals surface area contributed by atoms with Crippen LogP contribution in [0.4, 0.5) is 5.88 Å². The summed E-state index contributed by atoms with van der Waals surface area (Å²) < 4.78 is 12.0. The lowest BCUT2D eigenvalue weighted by molar-refractivity contribution is 0.100. The summed E-state index contributed by atoms with van der Waals surface area (Å²) in [6.07, 6.45) is 0. The number of morpholine rings is 1. The van der Waals surface area contributed by atoms with Crippen molar-refractivity contribution in [3.05, 3.63) is 51.5 Å². The van der Waals surface area contributed by atoms with E-state index in [2.05, 4.69) is 0 Å². The van der Waals surface area contributed by atoms with Gasteiger partial charge in [-0.1, -0.05) is 12.1 Å². The number of nitrogens with two attached hydrogens (primary N) is 1. The lowest BCUT2D eigenvalue weighted by atomic mass is 10.1. The van der Waals surface area contributed by atoms with Crippen molar-refractivity contribution in [3.8, 4) is 11.1 Å². The molecule has 6 nitrogen and oxygen atoms in total. The molecule has 1 amide bonds. The summed E-state index contributed by atoms with van der Waals surface area (Å²) in [6, 6.07) is 8.51. The fourth-order valence-corrected chi connectivity index (χ4v) is 3.80. The summed E-state index contributed by atoms with van der Waals surface area (Å²) >= 11 is 1.36. The molecule has 3 heterocycles. The van der Waals surface area contributed by atoms with Crippen LogP contribution in [0.5, 0.6) is 0 Å². The fourth-order valence-electron chi connectivity index (χ4n) is 2.88. The minimum atomic E-state index is -0.470. The molecule has 3 aromatic rings. The van der Waals surface area contributed by atoms with E-state index in [-0.39, 0.29) is 5.43 Å². The van der Waals surface area contributed by atoms with Gasteiger partial charge in [-0.05, 0) is 17.7 Å². The highest BCUT2D eigenvalue weighted by Crippen LogP contribution is 2.34. The predicted molar refractivity (Wildman–Crippen MR) is 97.3 cm³/mol. The summed E-state index contributed by atoms with van der Waals surface area (Å²) in [5.74, 6) is 0.0945. The van der Waals surface area contributed by atoms with Gasteiger partial charge in [-0.3, -0.25) is 9.59 Å². The van der Waals surface area contributed by atoms with Crippen LogP contribution in [-0.4, -0.2) is 32.2 Å². The third kappa shape index (κ3) is 2.92. The monoisotopic (exact) mass is 356 g/mol. The van der Waals surface area contributed by atoms with Crippen LogP contribution in [0.15, 0.2) is 44.9 Å². The highest BCUT2D eigenvalue weighted by molar-refractivity contribution is 7.17. The van der Waals surface area contributed by atoms with Gasteiger partial charge in [0, 0.05) is 35.7 Å². The van der Waals surface area contributed by atoms with Crippen molar-refractivity contribution in [2.75, 3.05) is 31.2 Å². The Morgan fingerprint density at radius 2 is 1.88 bits per heavy atom. The molecule has 25 heavy (non-hydrogen) atoms. The molecule has 0 atom stereocenters. The molecular weight excluding hydrogens is 340 g/mol. The predicted octanol–water partition coefficient (Wildman–Crippen LogP) is 2.46. The van der Waals surface area contributed by atoms with Gasteiger partial charge in [0.2, 0.25) is 11.3 Å².